The zero-order chi connectivity index (χ0) is 59.2. The molecule has 6 heteroatoms. The molecule has 0 fully saturated rings. The van der Waals surface area contributed by atoms with Crippen molar-refractivity contribution >= 4 is 17.9 Å². The summed E-state index contributed by atoms with van der Waals surface area (Å²) in [6, 6.07) is 0. The zero-order valence-corrected chi connectivity index (χ0v) is 53.2. The van der Waals surface area contributed by atoms with Crippen molar-refractivity contribution in [3.8, 4) is 0 Å². The number of carbonyl (C=O) groups excluding carboxylic acids is 3. The van der Waals surface area contributed by atoms with Crippen LogP contribution in [0.1, 0.15) is 297 Å². The molecule has 0 aliphatic rings. The standard InChI is InChI=1S/C76H124O6/c1-4-7-10-13-16-19-22-24-26-28-30-32-34-35-36-37-38-39-40-41-43-44-46-48-50-52-54-57-60-63-66-69-75(78)81-72-73(71-80-74(77)68-65-62-59-56-21-18-15-12-9-6-3)82-76(79)70-67-64-61-58-55-53-51-49-47-45-42-33-31-29-27-25-23-20-17-14-11-8-5-2/h7-8,10-12,15-17,19-20,24-27,30-33,35-36,38-39,41,43,73H,4-6,9,13-14,18,21-23,28-29,34,37,40,42,44-72H2,1-3H3/b10-7-,11-8-,15-12-,19-16-,20-17-,26-24-,27-25-,32-30-,33-31-,36-35-,39-38-,43-41-. The number of hydrogen-bond acceptors (Lipinski definition) is 6. The topological polar surface area (TPSA) is 78.9 Å². The SMILES string of the molecule is CC/C=C\C/C=C\C/C=C\C/C=C\C/C=C\C/C=C\C/C=C\CCCCCCCCCCCC(=O)OCC(COC(=O)CCCCCCC/C=C\CCC)OC(=O)CCCCCCCCCCCC/C=C\C/C=C\C/C=C\C/C=C\CC. The molecule has 0 N–H and O–H groups in total. The summed E-state index contributed by atoms with van der Waals surface area (Å²) in [7, 11) is 0. The lowest BCUT2D eigenvalue weighted by Gasteiger charge is -2.18. The third-order valence-electron chi connectivity index (χ3n) is 14.0. The molecule has 1 unspecified atom stereocenters. The van der Waals surface area contributed by atoms with Crippen molar-refractivity contribution in [2.45, 2.75) is 303 Å². The smallest absolute Gasteiger partial charge is 0.306 e. The van der Waals surface area contributed by atoms with Gasteiger partial charge in [-0.25, -0.2) is 0 Å². The minimum absolute atomic E-state index is 0.0890. The quantitative estimate of drug-likeness (QED) is 0.0261. The summed E-state index contributed by atoms with van der Waals surface area (Å²) in [4.78, 5) is 38.3. The Bertz CT molecular complexity index is 1780. The van der Waals surface area contributed by atoms with Crippen LogP contribution in [0.15, 0.2) is 146 Å². The maximum atomic E-state index is 12.9. The van der Waals surface area contributed by atoms with E-state index < -0.39 is 6.10 Å². The first-order valence-electron chi connectivity index (χ1n) is 33.8. The summed E-state index contributed by atoms with van der Waals surface area (Å²) in [6.07, 6.45) is 98.7. The van der Waals surface area contributed by atoms with E-state index in [9.17, 15) is 14.4 Å². The van der Waals surface area contributed by atoms with Gasteiger partial charge in [0.05, 0.1) is 0 Å². The predicted octanol–water partition coefficient (Wildman–Crippen LogP) is 23.5. The number of hydrogen-bond donors (Lipinski definition) is 0. The highest BCUT2D eigenvalue weighted by atomic mass is 16.6. The van der Waals surface area contributed by atoms with Crippen molar-refractivity contribution in [2.75, 3.05) is 13.2 Å². The zero-order valence-electron chi connectivity index (χ0n) is 53.2. The lowest BCUT2D eigenvalue weighted by Crippen LogP contribution is -2.30. The molecule has 0 spiro atoms. The van der Waals surface area contributed by atoms with Crippen molar-refractivity contribution in [1.82, 2.24) is 0 Å². The van der Waals surface area contributed by atoms with Crippen LogP contribution in [0.2, 0.25) is 0 Å². The Labute approximate surface area is 506 Å². The fraction of sp³-hybridized carbons (Fsp3) is 0.645. The maximum Gasteiger partial charge on any atom is 0.306 e. The lowest BCUT2D eigenvalue weighted by atomic mass is 10.0. The van der Waals surface area contributed by atoms with E-state index in [0.717, 1.165) is 154 Å². The molecule has 0 heterocycles. The van der Waals surface area contributed by atoms with Crippen LogP contribution in [0.25, 0.3) is 0 Å². The molecular formula is C76H124O6. The largest absolute Gasteiger partial charge is 0.462 e. The Morgan fingerprint density at radius 2 is 0.476 bits per heavy atom. The minimum atomic E-state index is -0.792. The van der Waals surface area contributed by atoms with Gasteiger partial charge in [0.1, 0.15) is 13.2 Å². The van der Waals surface area contributed by atoms with E-state index in [4.69, 9.17) is 14.2 Å². The normalized spacial score (nSPS) is 13.1. The molecule has 6 nitrogen and oxygen atoms in total. The molecule has 0 aromatic rings. The van der Waals surface area contributed by atoms with Crippen molar-refractivity contribution in [3.63, 3.8) is 0 Å². The summed E-state index contributed by atoms with van der Waals surface area (Å²) >= 11 is 0. The number of rotatable bonds is 60. The van der Waals surface area contributed by atoms with Gasteiger partial charge in [-0.05, 0) is 135 Å². The summed E-state index contributed by atoms with van der Waals surface area (Å²) < 4.78 is 16.9. The molecule has 1 atom stereocenters. The van der Waals surface area contributed by atoms with E-state index in [1.54, 1.807) is 0 Å². The van der Waals surface area contributed by atoms with E-state index in [-0.39, 0.29) is 31.1 Å². The van der Waals surface area contributed by atoms with Crippen LogP contribution in [-0.4, -0.2) is 37.2 Å². The average Bonchev–Trinajstić information content (AvgIpc) is 3.47. The van der Waals surface area contributed by atoms with Gasteiger partial charge in [-0.3, -0.25) is 14.4 Å². The number of allylic oxidation sites excluding steroid dienone is 24. The van der Waals surface area contributed by atoms with Crippen molar-refractivity contribution < 1.29 is 28.6 Å². The Morgan fingerprint density at radius 3 is 0.756 bits per heavy atom. The first kappa shape index (κ1) is 77.3. The molecule has 0 bridgehead atoms. The monoisotopic (exact) mass is 1130 g/mol. The van der Waals surface area contributed by atoms with E-state index in [1.165, 1.54) is 103 Å². The van der Waals surface area contributed by atoms with Gasteiger partial charge in [0.15, 0.2) is 6.10 Å². The second-order valence-electron chi connectivity index (χ2n) is 22.0. The Morgan fingerprint density at radius 1 is 0.256 bits per heavy atom. The summed E-state index contributed by atoms with van der Waals surface area (Å²) in [5.41, 5.74) is 0. The van der Waals surface area contributed by atoms with Crippen molar-refractivity contribution in [1.29, 1.82) is 0 Å². The second-order valence-corrected chi connectivity index (χ2v) is 22.0. The highest BCUT2D eigenvalue weighted by molar-refractivity contribution is 5.71. The van der Waals surface area contributed by atoms with Gasteiger partial charge in [0.25, 0.3) is 0 Å². The highest BCUT2D eigenvalue weighted by Crippen LogP contribution is 2.16. The Balaban J connectivity index is 4.26. The minimum Gasteiger partial charge on any atom is -0.462 e. The number of esters is 3. The van der Waals surface area contributed by atoms with E-state index >= 15 is 0 Å². The van der Waals surface area contributed by atoms with Crippen LogP contribution in [0, 0.1) is 0 Å². The third-order valence-corrected chi connectivity index (χ3v) is 14.0. The molecule has 0 amide bonds. The van der Waals surface area contributed by atoms with E-state index in [0.29, 0.717) is 19.3 Å². The van der Waals surface area contributed by atoms with Gasteiger partial charge in [-0.15, -0.1) is 0 Å². The summed E-state index contributed by atoms with van der Waals surface area (Å²) in [5.74, 6) is -0.907. The molecule has 0 rings (SSSR count). The van der Waals surface area contributed by atoms with Crippen LogP contribution >= 0.6 is 0 Å². The van der Waals surface area contributed by atoms with Gasteiger partial charge in [-0.1, -0.05) is 289 Å². The first-order chi connectivity index (χ1) is 40.5. The fourth-order valence-corrected chi connectivity index (χ4v) is 9.06. The van der Waals surface area contributed by atoms with Gasteiger partial charge in [0, 0.05) is 19.3 Å². The van der Waals surface area contributed by atoms with Crippen molar-refractivity contribution in [3.05, 3.63) is 146 Å². The molecule has 0 saturated carbocycles. The number of unbranched alkanes of at least 4 members (excludes halogenated alkanes) is 25. The number of ether oxygens (including phenoxy) is 3. The molecule has 0 aromatic carbocycles. The molecule has 0 radical (unpaired) electrons. The van der Waals surface area contributed by atoms with Crippen LogP contribution < -0.4 is 0 Å². The molecule has 82 heavy (non-hydrogen) atoms. The third kappa shape index (κ3) is 66.1. The molecule has 464 valence electrons. The van der Waals surface area contributed by atoms with Crippen LogP contribution in [0.5, 0.6) is 0 Å². The summed E-state index contributed by atoms with van der Waals surface area (Å²) in [6.45, 7) is 6.35. The Hall–Kier alpha value is -4.71. The van der Waals surface area contributed by atoms with E-state index in [1.807, 2.05) is 0 Å². The van der Waals surface area contributed by atoms with Crippen LogP contribution in [-0.2, 0) is 28.6 Å². The maximum absolute atomic E-state index is 12.9. The lowest BCUT2D eigenvalue weighted by molar-refractivity contribution is -0.167. The summed E-state index contributed by atoms with van der Waals surface area (Å²) in [5, 5.41) is 0. The predicted molar refractivity (Wildman–Crippen MR) is 357 cm³/mol. The second kappa shape index (κ2) is 68.8. The average molecular weight is 1130 g/mol. The molecule has 0 aliphatic carbocycles. The highest BCUT2D eigenvalue weighted by Gasteiger charge is 2.19. The van der Waals surface area contributed by atoms with Gasteiger partial charge >= 0.3 is 17.9 Å². The molecular weight excluding hydrogens is 1010 g/mol. The van der Waals surface area contributed by atoms with Gasteiger partial charge in [0.2, 0.25) is 0 Å². The first-order valence-corrected chi connectivity index (χ1v) is 33.8. The Kier molecular flexibility index (Phi) is 64.8. The molecule has 0 aliphatic heterocycles. The number of carbonyl (C=O) groups is 3. The van der Waals surface area contributed by atoms with Crippen LogP contribution in [0.4, 0.5) is 0 Å². The van der Waals surface area contributed by atoms with Gasteiger partial charge < -0.3 is 14.2 Å². The van der Waals surface area contributed by atoms with Crippen molar-refractivity contribution in [2.24, 2.45) is 0 Å². The molecule has 0 aromatic heterocycles. The fourth-order valence-electron chi connectivity index (χ4n) is 9.06. The van der Waals surface area contributed by atoms with Gasteiger partial charge in [-0.2, -0.15) is 0 Å². The molecule has 0 saturated heterocycles. The van der Waals surface area contributed by atoms with Crippen LogP contribution in [0.3, 0.4) is 0 Å². The van der Waals surface area contributed by atoms with E-state index in [2.05, 4.69) is 167 Å².